The molecule has 1 heterocycles. The van der Waals surface area contributed by atoms with Crippen LogP contribution in [-0.2, 0) is 9.59 Å². The third kappa shape index (κ3) is 2.95. The molecule has 0 saturated carbocycles. The highest BCUT2D eigenvalue weighted by Gasteiger charge is 2.41. The van der Waals surface area contributed by atoms with Gasteiger partial charge in [0.15, 0.2) is 0 Å². The van der Waals surface area contributed by atoms with E-state index in [9.17, 15) is 9.59 Å². The van der Waals surface area contributed by atoms with Gasteiger partial charge >= 0.3 is 0 Å². The molecule has 17 heavy (non-hydrogen) atoms. The second-order valence-corrected chi connectivity index (χ2v) is 5.74. The van der Waals surface area contributed by atoms with Gasteiger partial charge < -0.3 is 10.6 Å². The molecule has 6 nitrogen and oxygen atoms in total. The SMILES string of the molecule is CC(C)(CN1CCC(C)(C(N)=O)C1)C(=O)NN. The summed E-state index contributed by atoms with van der Waals surface area (Å²) in [5.74, 6) is 4.66. The number of nitrogens with zero attached hydrogens (tertiary/aromatic N) is 1. The van der Waals surface area contributed by atoms with Crippen molar-refractivity contribution in [2.75, 3.05) is 19.6 Å². The van der Waals surface area contributed by atoms with E-state index in [4.69, 9.17) is 11.6 Å². The summed E-state index contributed by atoms with van der Waals surface area (Å²) in [6.45, 7) is 7.47. The summed E-state index contributed by atoms with van der Waals surface area (Å²) in [6, 6.07) is 0. The predicted octanol–water partition coefficient (Wildman–Crippen LogP) is -0.800. The maximum atomic E-state index is 11.6. The van der Waals surface area contributed by atoms with E-state index in [1.807, 2.05) is 20.8 Å². The van der Waals surface area contributed by atoms with Gasteiger partial charge in [-0.2, -0.15) is 0 Å². The molecule has 1 fully saturated rings. The van der Waals surface area contributed by atoms with Crippen LogP contribution in [0, 0.1) is 10.8 Å². The number of carbonyl (C=O) groups excluding carboxylic acids is 2. The molecule has 98 valence electrons. The number of nitrogens with two attached hydrogens (primary N) is 2. The van der Waals surface area contributed by atoms with Crippen LogP contribution in [0.2, 0.25) is 0 Å². The number of hydrazine groups is 1. The van der Waals surface area contributed by atoms with Crippen molar-refractivity contribution >= 4 is 11.8 Å². The van der Waals surface area contributed by atoms with Gasteiger partial charge in [-0.1, -0.05) is 0 Å². The van der Waals surface area contributed by atoms with Gasteiger partial charge in [-0.05, 0) is 33.7 Å². The van der Waals surface area contributed by atoms with Crippen LogP contribution in [0.1, 0.15) is 27.2 Å². The molecule has 0 aliphatic carbocycles. The molecule has 2 amide bonds. The van der Waals surface area contributed by atoms with Crippen LogP contribution in [0.4, 0.5) is 0 Å². The highest BCUT2D eigenvalue weighted by atomic mass is 16.2. The van der Waals surface area contributed by atoms with Gasteiger partial charge in [-0.3, -0.25) is 15.0 Å². The van der Waals surface area contributed by atoms with Crippen LogP contribution in [0.3, 0.4) is 0 Å². The second-order valence-electron chi connectivity index (χ2n) is 5.74. The van der Waals surface area contributed by atoms with Crippen LogP contribution in [0.5, 0.6) is 0 Å². The average molecular weight is 242 g/mol. The van der Waals surface area contributed by atoms with E-state index in [2.05, 4.69) is 10.3 Å². The zero-order chi connectivity index (χ0) is 13.3. The van der Waals surface area contributed by atoms with Crippen LogP contribution in [0.25, 0.3) is 0 Å². The molecule has 1 saturated heterocycles. The molecule has 0 aromatic carbocycles. The lowest BCUT2D eigenvalue weighted by Gasteiger charge is -2.29. The van der Waals surface area contributed by atoms with E-state index in [0.717, 1.165) is 13.0 Å². The summed E-state index contributed by atoms with van der Waals surface area (Å²) < 4.78 is 0. The fraction of sp³-hybridized carbons (Fsp3) is 0.818. The summed E-state index contributed by atoms with van der Waals surface area (Å²) >= 11 is 0. The molecule has 0 bridgehead atoms. The van der Waals surface area contributed by atoms with Gasteiger partial charge in [-0.25, -0.2) is 5.84 Å². The first kappa shape index (κ1) is 13.9. The third-order valence-electron chi connectivity index (χ3n) is 3.51. The summed E-state index contributed by atoms with van der Waals surface area (Å²) in [6.07, 6.45) is 0.739. The Kier molecular flexibility index (Phi) is 3.78. The number of likely N-dealkylation sites (tertiary alicyclic amines) is 1. The van der Waals surface area contributed by atoms with Gasteiger partial charge in [0.1, 0.15) is 0 Å². The molecular formula is C11H22N4O2. The summed E-state index contributed by atoms with van der Waals surface area (Å²) in [5.41, 5.74) is 6.50. The first-order valence-electron chi connectivity index (χ1n) is 5.74. The molecule has 1 rings (SSSR count). The quantitative estimate of drug-likeness (QED) is 0.341. The second kappa shape index (κ2) is 4.62. The maximum Gasteiger partial charge on any atom is 0.240 e. The molecule has 1 unspecified atom stereocenters. The Morgan fingerprint density at radius 3 is 2.47 bits per heavy atom. The smallest absolute Gasteiger partial charge is 0.240 e. The van der Waals surface area contributed by atoms with Crippen molar-refractivity contribution < 1.29 is 9.59 Å². The molecule has 0 aromatic rings. The first-order chi connectivity index (χ1) is 7.71. The lowest BCUT2D eigenvalue weighted by molar-refractivity contribution is -0.130. The zero-order valence-corrected chi connectivity index (χ0v) is 10.7. The standard InChI is InChI=1S/C11H22N4O2/c1-10(2,9(17)14-13)6-15-5-4-11(3,7-15)8(12)16/h4-7,13H2,1-3H3,(H2,12,16)(H,14,17). The Hall–Kier alpha value is -1.14. The minimum Gasteiger partial charge on any atom is -0.369 e. The van der Waals surface area contributed by atoms with Gasteiger partial charge in [0.2, 0.25) is 11.8 Å². The number of carbonyl (C=O) groups is 2. The van der Waals surface area contributed by atoms with E-state index in [1.54, 1.807) is 0 Å². The normalized spacial score (nSPS) is 25.9. The maximum absolute atomic E-state index is 11.6. The molecule has 5 N–H and O–H groups in total. The Bertz CT molecular complexity index is 329. The molecule has 0 aromatic heterocycles. The van der Waals surface area contributed by atoms with Gasteiger partial charge in [0.25, 0.3) is 0 Å². The summed E-state index contributed by atoms with van der Waals surface area (Å²) in [5, 5.41) is 0. The number of hydrogen-bond donors (Lipinski definition) is 3. The number of hydrogen-bond acceptors (Lipinski definition) is 4. The van der Waals surface area contributed by atoms with Gasteiger partial charge in [0.05, 0.1) is 10.8 Å². The number of nitrogens with one attached hydrogen (secondary N) is 1. The van der Waals surface area contributed by atoms with Gasteiger partial charge in [0, 0.05) is 13.1 Å². The van der Waals surface area contributed by atoms with E-state index < -0.39 is 10.8 Å². The van der Waals surface area contributed by atoms with Crippen LogP contribution >= 0.6 is 0 Å². The van der Waals surface area contributed by atoms with Crippen LogP contribution < -0.4 is 17.0 Å². The number of primary amides is 1. The lowest BCUT2D eigenvalue weighted by atomic mass is 9.89. The van der Waals surface area contributed by atoms with Crippen molar-refractivity contribution in [1.29, 1.82) is 0 Å². The van der Waals surface area contributed by atoms with Crippen molar-refractivity contribution in [2.45, 2.75) is 27.2 Å². The fourth-order valence-electron chi connectivity index (χ4n) is 2.22. The molecular weight excluding hydrogens is 220 g/mol. The third-order valence-corrected chi connectivity index (χ3v) is 3.51. The molecule has 0 radical (unpaired) electrons. The fourth-order valence-corrected chi connectivity index (χ4v) is 2.22. The lowest BCUT2D eigenvalue weighted by Crippen LogP contribution is -2.47. The largest absolute Gasteiger partial charge is 0.369 e. The summed E-state index contributed by atoms with van der Waals surface area (Å²) in [4.78, 5) is 25.0. The van der Waals surface area contributed by atoms with E-state index >= 15 is 0 Å². The topological polar surface area (TPSA) is 101 Å². The van der Waals surface area contributed by atoms with Crippen molar-refractivity contribution in [3.8, 4) is 0 Å². The Morgan fingerprint density at radius 1 is 1.47 bits per heavy atom. The average Bonchev–Trinajstić information content (AvgIpc) is 2.59. The Labute approximate surface area is 102 Å². The molecule has 0 spiro atoms. The van der Waals surface area contributed by atoms with Gasteiger partial charge in [-0.15, -0.1) is 0 Å². The Morgan fingerprint density at radius 2 is 2.06 bits per heavy atom. The minimum absolute atomic E-state index is 0.204. The van der Waals surface area contributed by atoms with E-state index in [0.29, 0.717) is 13.1 Å². The molecule has 1 aliphatic heterocycles. The van der Waals surface area contributed by atoms with Crippen LogP contribution in [-0.4, -0.2) is 36.3 Å². The number of amides is 2. The van der Waals surface area contributed by atoms with Crippen molar-refractivity contribution in [3.05, 3.63) is 0 Å². The van der Waals surface area contributed by atoms with E-state index in [1.165, 1.54) is 0 Å². The van der Waals surface area contributed by atoms with Crippen molar-refractivity contribution in [2.24, 2.45) is 22.4 Å². The molecule has 1 atom stereocenters. The van der Waals surface area contributed by atoms with Crippen molar-refractivity contribution in [3.63, 3.8) is 0 Å². The van der Waals surface area contributed by atoms with Crippen LogP contribution in [0.15, 0.2) is 0 Å². The highest BCUT2D eigenvalue weighted by molar-refractivity contribution is 5.82. The highest BCUT2D eigenvalue weighted by Crippen LogP contribution is 2.31. The predicted molar refractivity (Wildman–Crippen MR) is 64.5 cm³/mol. The zero-order valence-electron chi connectivity index (χ0n) is 10.7. The Balaban J connectivity index is 2.62. The monoisotopic (exact) mass is 242 g/mol. The van der Waals surface area contributed by atoms with Crippen molar-refractivity contribution in [1.82, 2.24) is 10.3 Å². The minimum atomic E-state index is -0.572. The first-order valence-corrected chi connectivity index (χ1v) is 5.74. The van der Waals surface area contributed by atoms with E-state index in [-0.39, 0.29) is 11.8 Å². The molecule has 1 aliphatic rings. The number of rotatable bonds is 4. The summed E-state index contributed by atoms with van der Waals surface area (Å²) in [7, 11) is 0. The molecule has 6 heteroatoms.